The molecule has 3 nitrogen and oxygen atoms in total. The van der Waals surface area contributed by atoms with Gasteiger partial charge in [-0.1, -0.05) is 26.7 Å². The van der Waals surface area contributed by atoms with E-state index in [2.05, 4.69) is 35.1 Å². The van der Waals surface area contributed by atoms with E-state index in [1.807, 2.05) is 16.8 Å². The number of hydrogen-bond donors (Lipinski definition) is 1. The van der Waals surface area contributed by atoms with Crippen LogP contribution in [0, 0.1) is 11.8 Å². The summed E-state index contributed by atoms with van der Waals surface area (Å²) in [5, 5.41) is 3.12. The van der Waals surface area contributed by atoms with Crippen molar-refractivity contribution in [1.82, 2.24) is 9.88 Å². The van der Waals surface area contributed by atoms with Gasteiger partial charge in [0, 0.05) is 23.8 Å². The van der Waals surface area contributed by atoms with Gasteiger partial charge in [-0.15, -0.1) is 0 Å². The van der Waals surface area contributed by atoms with Crippen molar-refractivity contribution in [3.05, 3.63) is 22.4 Å². The molecule has 2 rings (SSSR count). The number of rotatable bonds is 5. The molecule has 0 unspecified atom stereocenters. The SMILES string of the molecule is CCCn1cc(Br)cc1C(=O)NCC1CCC(C)CC1. The lowest BCUT2D eigenvalue weighted by Gasteiger charge is -2.26. The first kappa shape index (κ1) is 15.6. The maximum atomic E-state index is 12.3. The third-order valence-electron chi connectivity index (χ3n) is 4.25. The van der Waals surface area contributed by atoms with Gasteiger partial charge >= 0.3 is 0 Å². The lowest BCUT2D eigenvalue weighted by atomic mass is 9.83. The van der Waals surface area contributed by atoms with Crippen molar-refractivity contribution in [3.8, 4) is 0 Å². The molecule has 1 N–H and O–H groups in total. The molecule has 0 saturated heterocycles. The number of carbonyl (C=O) groups excluding carboxylic acids is 1. The Balaban J connectivity index is 1.88. The lowest BCUT2D eigenvalue weighted by molar-refractivity contribution is 0.0932. The second kappa shape index (κ2) is 7.30. The summed E-state index contributed by atoms with van der Waals surface area (Å²) in [4.78, 5) is 12.3. The number of carbonyl (C=O) groups is 1. The third-order valence-corrected chi connectivity index (χ3v) is 4.68. The smallest absolute Gasteiger partial charge is 0.267 e. The highest BCUT2D eigenvalue weighted by Crippen LogP contribution is 2.27. The van der Waals surface area contributed by atoms with Crippen molar-refractivity contribution in [1.29, 1.82) is 0 Å². The molecule has 0 spiro atoms. The Kier molecular flexibility index (Phi) is 5.70. The van der Waals surface area contributed by atoms with Crippen LogP contribution < -0.4 is 5.32 Å². The van der Waals surface area contributed by atoms with E-state index in [0.29, 0.717) is 5.92 Å². The van der Waals surface area contributed by atoms with Crippen LogP contribution >= 0.6 is 15.9 Å². The van der Waals surface area contributed by atoms with Gasteiger partial charge in [0.05, 0.1) is 0 Å². The first-order valence-corrected chi connectivity index (χ1v) is 8.53. The van der Waals surface area contributed by atoms with Crippen molar-refractivity contribution in [2.24, 2.45) is 11.8 Å². The number of halogens is 1. The van der Waals surface area contributed by atoms with Gasteiger partial charge in [0.1, 0.15) is 5.69 Å². The zero-order chi connectivity index (χ0) is 14.5. The molecule has 0 radical (unpaired) electrons. The average molecular weight is 341 g/mol. The fourth-order valence-electron chi connectivity index (χ4n) is 2.95. The predicted octanol–water partition coefficient (Wildman–Crippen LogP) is 4.22. The van der Waals surface area contributed by atoms with Gasteiger partial charge in [-0.2, -0.15) is 0 Å². The number of hydrogen-bond acceptors (Lipinski definition) is 1. The standard InChI is InChI=1S/C16H25BrN2O/c1-3-8-19-11-14(17)9-15(19)16(20)18-10-13-6-4-12(2)5-7-13/h9,11-13H,3-8,10H2,1-2H3,(H,18,20). The van der Waals surface area contributed by atoms with Crippen LogP contribution in [0.15, 0.2) is 16.7 Å². The average Bonchev–Trinajstić information content (AvgIpc) is 2.79. The van der Waals surface area contributed by atoms with Gasteiger partial charge in [-0.05, 0) is 53.1 Å². The summed E-state index contributed by atoms with van der Waals surface area (Å²) in [6, 6.07) is 1.91. The minimum Gasteiger partial charge on any atom is -0.350 e. The highest BCUT2D eigenvalue weighted by atomic mass is 79.9. The summed E-state index contributed by atoms with van der Waals surface area (Å²) in [6.07, 6.45) is 8.13. The van der Waals surface area contributed by atoms with Crippen molar-refractivity contribution in [3.63, 3.8) is 0 Å². The summed E-state index contributed by atoms with van der Waals surface area (Å²) in [5.41, 5.74) is 0.767. The van der Waals surface area contributed by atoms with E-state index in [9.17, 15) is 4.79 Å². The van der Waals surface area contributed by atoms with Crippen molar-refractivity contribution in [2.45, 2.75) is 52.5 Å². The van der Waals surface area contributed by atoms with Gasteiger partial charge in [-0.25, -0.2) is 0 Å². The van der Waals surface area contributed by atoms with E-state index < -0.39 is 0 Å². The highest BCUT2D eigenvalue weighted by Gasteiger charge is 2.19. The molecule has 0 bridgehead atoms. The quantitative estimate of drug-likeness (QED) is 0.855. The zero-order valence-corrected chi connectivity index (χ0v) is 14.1. The van der Waals surface area contributed by atoms with Crippen LogP contribution in [0.4, 0.5) is 0 Å². The molecule has 0 atom stereocenters. The molecule has 1 fully saturated rings. The Morgan fingerprint density at radius 2 is 2.10 bits per heavy atom. The molecule has 1 aromatic heterocycles. The van der Waals surface area contributed by atoms with E-state index in [4.69, 9.17) is 0 Å². The van der Waals surface area contributed by atoms with Gasteiger partial charge < -0.3 is 9.88 Å². The lowest BCUT2D eigenvalue weighted by Crippen LogP contribution is -2.32. The second-order valence-electron chi connectivity index (χ2n) is 6.07. The fraction of sp³-hybridized carbons (Fsp3) is 0.688. The van der Waals surface area contributed by atoms with Gasteiger partial charge in [0.15, 0.2) is 0 Å². The normalized spacial score (nSPS) is 22.8. The molecule has 1 aromatic rings. The number of aryl methyl sites for hydroxylation is 1. The van der Waals surface area contributed by atoms with Crippen LogP contribution in [0.1, 0.15) is 56.4 Å². The molecule has 1 amide bonds. The van der Waals surface area contributed by atoms with Crippen molar-refractivity contribution >= 4 is 21.8 Å². The summed E-state index contributed by atoms with van der Waals surface area (Å²) in [6.45, 7) is 6.15. The predicted molar refractivity (Wildman–Crippen MR) is 85.9 cm³/mol. The van der Waals surface area contributed by atoms with Crippen LogP contribution in [-0.4, -0.2) is 17.0 Å². The topological polar surface area (TPSA) is 34.0 Å². The molecule has 1 aliphatic carbocycles. The minimum atomic E-state index is 0.0581. The van der Waals surface area contributed by atoms with Crippen LogP contribution in [0.5, 0.6) is 0 Å². The van der Waals surface area contributed by atoms with Crippen molar-refractivity contribution < 1.29 is 4.79 Å². The summed E-state index contributed by atoms with van der Waals surface area (Å²) in [5.74, 6) is 1.58. The highest BCUT2D eigenvalue weighted by molar-refractivity contribution is 9.10. The molecule has 4 heteroatoms. The first-order valence-electron chi connectivity index (χ1n) is 7.74. The van der Waals surface area contributed by atoms with Crippen LogP contribution in [-0.2, 0) is 6.54 Å². The molecule has 20 heavy (non-hydrogen) atoms. The van der Waals surface area contributed by atoms with Crippen LogP contribution in [0.25, 0.3) is 0 Å². The van der Waals surface area contributed by atoms with Gasteiger partial charge in [0.2, 0.25) is 0 Å². The van der Waals surface area contributed by atoms with Gasteiger partial charge in [0.25, 0.3) is 5.91 Å². The number of nitrogens with one attached hydrogen (secondary N) is 1. The summed E-state index contributed by atoms with van der Waals surface area (Å²) < 4.78 is 3.00. The molecule has 0 aromatic carbocycles. The van der Waals surface area contributed by atoms with Crippen molar-refractivity contribution in [2.75, 3.05) is 6.54 Å². The molecule has 0 aliphatic heterocycles. The van der Waals surface area contributed by atoms with Crippen LogP contribution in [0.2, 0.25) is 0 Å². The molecule has 1 heterocycles. The fourth-order valence-corrected chi connectivity index (χ4v) is 3.42. The largest absolute Gasteiger partial charge is 0.350 e. The molecule has 1 saturated carbocycles. The van der Waals surface area contributed by atoms with E-state index in [0.717, 1.165) is 35.6 Å². The second-order valence-corrected chi connectivity index (χ2v) is 6.99. The maximum absolute atomic E-state index is 12.3. The first-order chi connectivity index (χ1) is 9.60. The summed E-state index contributed by atoms with van der Waals surface area (Å²) in [7, 11) is 0. The Morgan fingerprint density at radius 3 is 2.75 bits per heavy atom. The maximum Gasteiger partial charge on any atom is 0.267 e. The van der Waals surface area contributed by atoms with E-state index in [1.54, 1.807) is 0 Å². The molecular weight excluding hydrogens is 316 g/mol. The van der Waals surface area contributed by atoms with E-state index in [-0.39, 0.29) is 5.91 Å². The van der Waals surface area contributed by atoms with E-state index in [1.165, 1.54) is 25.7 Å². The number of amides is 1. The molecular formula is C16H25BrN2O. The summed E-state index contributed by atoms with van der Waals surface area (Å²) >= 11 is 3.45. The Morgan fingerprint density at radius 1 is 1.40 bits per heavy atom. The van der Waals surface area contributed by atoms with Crippen LogP contribution in [0.3, 0.4) is 0 Å². The Bertz CT molecular complexity index is 447. The molecule has 112 valence electrons. The Hall–Kier alpha value is -0.770. The minimum absolute atomic E-state index is 0.0581. The zero-order valence-electron chi connectivity index (χ0n) is 12.5. The third kappa shape index (κ3) is 4.11. The monoisotopic (exact) mass is 340 g/mol. The molecule has 1 aliphatic rings. The van der Waals surface area contributed by atoms with Gasteiger partial charge in [-0.3, -0.25) is 4.79 Å². The Labute approximate surface area is 130 Å². The number of nitrogens with zero attached hydrogens (tertiary/aromatic N) is 1. The number of aromatic nitrogens is 1. The van der Waals surface area contributed by atoms with E-state index >= 15 is 0 Å².